The molecular weight excluding hydrogens is 288 g/mol. The lowest BCUT2D eigenvalue weighted by atomic mass is 9.88. The molecule has 5 nitrogen and oxygen atoms in total. The fourth-order valence-electron chi connectivity index (χ4n) is 2.57. The first-order valence-corrected chi connectivity index (χ1v) is 9.06. The first-order valence-electron chi connectivity index (χ1n) is 7.17. The zero-order chi connectivity index (χ0) is 15.5. The van der Waals surface area contributed by atoms with Gasteiger partial charge in [-0.1, -0.05) is 13.0 Å². The monoisotopic (exact) mass is 310 g/mol. The number of carbonyl (C=O) groups excluding carboxylic acids is 1. The van der Waals surface area contributed by atoms with E-state index in [9.17, 15) is 13.2 Å². The molecule has 1 aromatic rings. The minimum Gasteiger partial charge on any atom is -0.352 e. The van der Waals surface area contributed by atoms with E-state index in [2.05, 4.69) is 17.6 Å². The van der Waals surface area contributed by atoms with Crippen LogP contribution in [0.1, 0.15) is 23.7 Å². The molecule has 1 amide bonds. The molecular formula is C15H22N2O3S. The number of benzene rings is 1. The van der Waals surface area contributed by atoms with Gasteiger partial charge >= 0.3 is 0 Å². The molecule has 0 bridgehead atoms. The lowest BCUT2D eigenvalue weighted by Crippen LogP contribution is -2.41. The van der Waals surface area contributed by atoms with Crippen molar-refractivity contribution in [2.24, 2.45) is 11.8 Å². The van der Waals surface area contributed by atoms with Gasteiger partial charge in [0.25, 0.3) is 5.91 Å². The topological polar surface area (TPSA) is 75.3 Å². The number of nitrogens with one attached hydrogen (secondary N) is 2. The maximum absolute atomic E-state index is 12.2. The highest BCUT2D eigenvalue weighted by Gasteiger charge is 2.21. The fourth-order valence-corrected chi connectivity index (χ4v) is 3.23. The van der Waals surface area contributed by atoms with Crippen LogP contribution in [0.15, 0.2) is 29.2 Å². The molecule has 0 aliphatic carbocycles. The number of piperidine rings is 1. The number of rotatable bonds is 4. The van der Waals surface area contributed by atoms with Crippen LogP contribution in [0.25, 0.3) is 0 Å². The number of hydrogen-bond donors (Lipinski definition) is 2. The van der Waals surface area contributed by atoms with E-state index in [4.69, 9.17) is 0 Å². The summed E-state index contributed by atoms with van der Waals surface area (Å²) in [6, 6.07) is 6.16. The Balaban J connectivity index is 2.00. The number of carbonyl (C=O) groups is 1. The lowest BCUT2D eigenvalue weighted by molar-refractivity contribution is 0.0938. The zero-order valence-electron chi connectivity index (χ0n) is 12.4. The van der Waals surface area contributed by atoms with Gasteiger partial charge in [0.15, 0.2) is 9.84 Å². The summed E-state index contributed by atoms with van der Waals surface area (Å²) in [6.45, 7) is 4.76. The maximum atomic E-state index is 12.2. The summed E-state index contributed by atoms with van der Waals surface area (Å²) < 4.78 is 23.0. The normalized spacial score (nSPS) is 22.8. The van der Waals surface area contributed by atoms with Crippen LogP contribution in [-0.2, 0) is 9.84 Å². The Labute approximate surface area is 126 Å². The fraction of sp³-hybridized carbons (Fsp3) is 0.533. The SMILES string of the molecule is CC1CNCCC1CNC(=O)c1cccc(S(C)(=O)=O)c1. The Morgan fingerprint density at radius 3 is 2.86 bits per heavy atom. The van der Waals surface area contributed by atoms with Gasteiger partial charge in [0.05, 0.1) is 4.90 Å². The molecule has 116 valence electrons. The Bertz CT molecular complexity index is 613. The van der Waals surface area contributed by atoms with Gasteiger partial charge in [-0.05, 0) is 49.5 Å². The van der Waals surface area contributed by atoms with Crippen molar-refractivity contribution in [2.45, 2.75) is 18.2 Å². The molecule has 2 rings (SSSR count). The molecule has 1 saturated heterocycles. The average molecular weight is 310 g/mol. The second-order valence-electron chi connectivity index (χ2n) is 5.74. The van der Waals surface area contributed by atoms with Gasteiger partial charge in [0.1, 0.15) is 0 Å². The first-order chi connectivity index (χ1) is 9.88. The summed E-state index contributed by atoms with van der Waals surface area (Å²) >= 11 is 0. The molecule has 0 aromatic heterocycles. The predicted molar refractivity (Wildman–Crippen MR) is 82.0 cm³/mol. The van der Waals surface area contributed by atoms with Crippen molar-refractivity contribution in [3.8, 4) is 0 Å². The molecule has 1 heterocycles. The molecule has 6 heteroatoms. The van der Waals surface area contributed by atoms with Gasteiger partial charge < -0.3 is 10.6 Å². The third kappa shape index (κ3) is 4.28. The average Bonchev–Trinajstić information content (AvgIpc) is 2.45. The molecule has 1 aliphatic heterocycles. The highest BCUT2D eigenvalue weighted by Crippen LogP contribution is 2.18. The van der Waals surface area contributed by atoms with E-state index in [0.29, 0.717) is 23.9 Å². The Kier molecular flexibility index (Phi) is 5.00. The van der Waals surface area contributed by atoms with E-state index in [0.717, 1.165) is 25.8 Å². The van der Waals surface area contributed by atoms with E-state index >= 15 is 0 Å². The first kappa shape index (κ1) is 16.0. The van der Waals surface area contributed by atoms with Crippen LogP contribution in [-0.4, -0.2) is 40.2 Å². The van der Waals surface area contributed by atoms with Crippen molar-refractivity contribution in [3.63, 3.8) is 0 Å². The van der Waals surface area contributed by atoms with Crippen molar-refractivity contribution < 1.29 is 13.2 Å². The molecule has 2 N–H and O–H groups in total. The van der Waals surface area contributed by atoms with Crippen LogP contribution in [0.3, 0.4) is 0 Å². The van der Waals surface area contributed by atoms with E-state index in [1.807, 2.05) is 0 Å². The number of amides is 1. The second-order valence-corrected chi connectivity index (χ2v) is 7.76. The van der Waals surface area contributed by atoms with Crippen molar-refractivity contribution in [3.05, 3.63) is 29.8 Å². The standard InChI is InChI=1S/C15H22N2O3S/c1-11-9-16-7-6-13(11)10-17-15(18)12-4-3-5-14(8-12)21(2,19)20/h3-5,8,11,13,16H,6-7,9-10H2,1-2H3,(H,17,18). The molecule has 2 unspecified atom stereocenters. The van der Waals surface area contributed by atoms with Gasteiger partial charge in [0, 0.05) is 18.4 Å². The summed E-state index contributed by atoms with van der Waals surface area (Å²) in [5, 5.41) is 6.24. The third-order valence-corrected chi connectivity index (χ3v) is 5.12. The lowest BCUT2D eigenvalue weighted by Gasteiger charge is -2.29. The predicted octanol–water partition coefficient (Wildman–Crippen LogP) is 1.07. The highest BCUT2D eigenvalue weighted by atomic mass is 32.2. The summed E-state index contributed by atoms with van der Waals surface area (Å²) in [4.78, 5) is 12.3. The van der Waals surface area contributed by atoms with Crippen molar-refractivity contribution >= 4 is 15.7 Å². The summed E-state index contributed by atoms with van der Waals surface area (Å²) in [5.41, 5.74) is 0.388. The number of sulfone groups is 1. The second kappa shape index (κ2) is 6.58. The Morgan fingerprint density at radius 1 is 1.43 bits per heavy atom. The molecule has 21 heavy (non-hydrogen) atoms. The number of hydrogen-bond acceptors (Lipinski definition) is 4. The van der Waals surface area contributed by atoms with E-state index in [-0.39, 0.29) is 10.8 Å². The van der Waals surface area contributed by atoms with Gasteiger partial charge in [-0.25, -0.2) is 8.42 Å². The van der Waals surface area contributed by atoms with Crippen LogP contribution in [0, 0.1) is 11.8 Å². The highest BCUT2D eigenvalue weighted by molar-refractivity contribution is 7.90. The summed E-state index contributed by atoms with van der Waals surface area (Å²) in [7, 11) is -3.29. The summed E-state index contributed by atoms with van der Waals surface area (Å²) in [5.74, 6) is 0.779. The van der Waals surface area contributed by atoms with Gasteiger partial charge in [0.2, 0.25) is 0 Å². The van der Waals surface area contributed by atoms with Gasteiger partial charge in [-0.15, -0.1) is 0 Å². The Morgan fingerprint density at radius 2 is 2.19 bits per heavy atom. The van der Waals surface area contributed by atoms with Crippen LogP contribution in [0.4, 0.5) is 0 Å². The van der Waals surface area contributed by atoms with Gasteiger partial charge in [-0.2, -0.15) is 0 Å². The molecule has 0 spiro atoms. The molecule has 0 radical (unpaired) electrons. The third-order valence-electron chi connectivity index (χ3n) is 4.01. The van der Waals surface area contributed by atoms with Crippen LogP contribution >= 0.6 is 0 Å². The quantitative estimate of drug-likeness (QED) is 0.872. The van der Waals surface area contributed by atoms with E-state index in [1.165, 1.54) is 12.1 Å². The van der Waals surface area contributed by atoms with Crippen molar-refractivity contribution in [1.29, 1.82) is 0 Å². The minimum atomic E-state index is -3.29. The van der Waals surface area contributed by atoms with Crippen molar-refractivity contribution in [2.75, 3.05) is 25.9 Å². The molecule has 0 saturated carbocycles. The van der Waals surface area contributed by atoms with Gasteiger partial charge in [-0.3, -0.25) is 4.79 Å². The zero-order valence-corrected chi connectivity index (χ0v) is 13.2. The Hall–Kier alpha value is -1.40. The van der Waals surface area contributed by atoms with Crippen LogP contribution in [0.5, 0.6) is 0 Å². The van der Waals surface area contributed by atoms with Crippen molar-refractivity contribution in [1.82, 2.24) is 10.6 Å². The van der Waals surface area contributed by atoms with Crippen LogP contribution < -0.4 is 10.6 Å². The molecule has 1 aliphatic rings. The summed E-state index contributed by atoms with van der Waals surface area (Å²) in [6.07, 6.45) is 2.19. The largest absolute Gasteiger partial charge is 0.352 e. The van der Waals surface area contributed by atoms with Crippen LogP contribution in [0.2, 0.25) is 0 Å². The minimum absolute atomic E-state index is 0.172. The molecule has 1 aromatic carbocycles. The van der Waals surface area contributed by atoms with E-state index < -0.39 is 9.84 Å². The smallest absolute Gasteiger partial charge is 0.251 e. The molecule has 2 atom stereocenters. The molecule has 1 fully saturated rings. The maximum Gasteiger partial charge on any atom is 0.251 e. The van der Waals surface area contributed by atoms with E-state index in [1.54, 1.807) is 12.1 Å².